The lowest BCUT2D eigenvalue weighted by atomic mass is 9.97. The lowest BCUT2D eigenvalue weighted by Gasteiger charge is -2.30. The van der Waals surface area contributed by atoms with Gasteiger partial charge in [-0.05, 0) is 57.6 Å². The van der Waals surface area contributed by atoms with Crippen molar-refractivity contribution in [3.05, 3.63) is 59.0 Å². The van der Waals surface area contributed by atoms with E-state index in [1.54, 1.807) is 0 Å². The van der Waals surface area contributed by atoms with Crippen LogP contribution in [0.1, 0.15) is 71.5 Å². The van der Waals surface area contributed by atoms with Crippen molar-refractivity contribution in [1.82, 2.24) is 24.8 Å². The summed E-state index contributed by atoms with van der Waals surface area (Å²) >= 11 is 0. The zero-order valence-corrected chi connectivity index (χ0v) is 17.4. The molecule has 0 bridgehead atoms. The van der Waals surface area contributed by atoms with E-state index in [0.717, 1.165) is 56.3 Å². The average Bonchev–Trinajstić information content (AvgIpc) is 3.29. The quantitative estimate of drug-likeness (QED) is 0.619. The highest BCUT2D eigenvalue weighted by atomic mass is 16.5. The fraction of sp³-hybridized carbons (Fsp3) is 0.478. The molecule has 0 N–H and O–H groups in total. The summed E-state index contributed by atoms with van der Waals surface area (Å²) in [5.41, 5.74) is 3.98. The van der Waals surface area contributed by atoms with E-state index in [4.69, 9.17) is 9.62 Å². The number of piperidine rings is 1. The molecular weight excluding hydrogens is 378 g/mol. The normalized spacial score (nSPS) is 19.4. The molecule has 5 rings (SSSR count). The van der Waals surface area contributed by atoms with Gasteiger partial charge in [0.2, 0.25) is 5.89 Å². The van der Waals surface area contributed by atoms with Crippen LogP contribution in [0.3, 0.4) is 0 Å². The third-order valence-electron chi connectivity index (χ3n) is 6.23. The number of hydrogen-bond acceptors (Lipinski definition) is 5. The van der Waals surface area contributed by atoms with E-state index in [1.165, 1.54) is 12.1 Å². The maximum absolute atomic E-state index is 13.6. The van der Waals surface area contributed by atoms with Crippen LogP contribution in [0.25, 0.3) is 5.69 Å². The summed E-state index contributed by atoms with van der Waals surface area (Å²) in [7, 11) is 0. The van der Waals surface area contributed by atoms with Crippen molar-refractivity contribution < 1.29 is 9.32 Å². The van der Waals surface area contributed by atoms with Gasteiger partial charge in [-0.1, -0.05) is 29.8 Å². The highest BCUT2D eigenvalue weighted by Gasteiger charge is 2.32. The predicted molar refractivity (Wildman–Crippen MR) is 112 cm³/mol. The first-order valence-electron chi connectivity index (χ1n) is 11.0. The number of aromatic nitrogens is 4. The first-order valence-corrected chi connectivity index (χ1v) is 11.0. The zero-order valence-electron chi connectivity index (χ0n) is 17.4. The Kier molecular flexibility index (Phi) is 5.11. The summed E-state index contributed by atoms with van der Waals surface area (Å²) < 4.78 is 7.38. The Hall–Kier alpha value is -2.96. The Labute approximate surface area is 176 Å². The predicted octanol–water partition coefficient (Wildman–Crippen LogP) is 3.85. The van der Waals surface area contributed by atoms with Crippen molar-refractivity contribution in [2.75, 3.05) is 13.1 Å². The minimum Gasteiger partial charge on any atom is -0.339 e. The molecule has 1 aliphatic heterocycles. The zero-order chi connectivity index (χ0) is 20.5. The second kappa shape index (κ2) is 8.05. The van der Waals surface area contributed by atoms with Crippen LogP contribution in [-0.4, -0.2) is 43.8 Å². The van der Waals surface area contributed by atoms with Crippen molar-refractivity contribution in [3.63, 3.8) is 0 Å². The molecule has 0 unspecified atom stereocenters. The van der Waals surface area contributed by atoms with E-state index in [0.29, 0.717) is 24.0 Å². The molecule has 0 radical (unpaired) electrons. The summed E-state index contributed by atoms with van der Waals surface area (Å²) in [4.78, 5) is 19.9. The van der Waals surface area contributed by atoms with Crippen molar-refractivity contribution in [2.24, 2.45) is 0 Å². The molecule has 7 nitrogen and oxygen atoms in total. The smallest absolute Gasteiger partial charge is 0.274 e. The van der Waals surface area contributed by atoms with Crippen molar-refractivity contribution in [1.29, 1.82) is 0 Å². The van der Waals surface area contributed by atoms with E-state index < -0.39 is 0 Å². The van der Waals surface area contributed by atoms with Crippen LogP contribution in [0.5, 0.6) is 0 Å². The summed E-state index contributed by atoms with van der Waals surface area (Å²) in [6, 6.07) is 10.2. The highest BCUT2D eigenvalue weighted by Crippen LogP contribution is 2.30. The fourth-order valence-electron chi connectivity index (χ4n) is 4.72. The van der Waals surface area contributed by atoms with Crippen molar-refractivity contribution in [3.8, 4) is 5.69 Å². The van der Waals surface area contributed by atoms with E-state index in [-0.39, 0.29) is 11.8 Å². The summed E-state index contributed by atoms with van der Waals surface area (Å²) in [5, 5.41) is 8.77. The van der Waals surface area contributed by atoms with E-state index in [9.17, 15) is 4.79 Å². The molecule has 156 valence electrons. The van der Waals surface area contributed by atoms with E-state index in [1.807, 2.05) is 34.7 Å². The Morgan fingerprint density at radius 2 is 1.93 bits per heavy atom. The van der Waals surface area contributed by atoms with Gasteiger partial charge in [0.05, 0.1) is 11.6 Å². The van der Waals surface area contributed by atoms with Gasteiger partial charge in [-0.25, -0.2) is 4.68 Å². The van der Waals surface area contributed by atoms with Gasteiger partial charge in [-0.2, -0.15) is 10.1 Å². The standard InChI is InChI=1S/C23H27N5O2/c1-16-24-22(30-26-16)17-9-8-14-27(15-17)23(29)21-19-12-6-3-7-13-20(19)28(25-21)18-10-4-2-5-11-18/h2,4-5,10-11,17H,3,6-9,12-15H2,1H3/t17-/m1/s1. The SMILES string of the molecule is Cc1noc([C@@H]2CCCN(C(=O)c3nn(-c4ccccc4)c4c3CCCCC4)C2)n1. The van der Waals surface area contributed by atoms with Crippen LogP contribution in [0.4, 0.5) is 0 Å². The average molecular weight is 406 g/mol. The molecule has 1 saturated heterocycles. The minimum atomic E-state index is 0.0313. The molecule has 30 heavy (non-hydrogen) atoms. The van der Waals surface area contributed by atoms with Crippen LogP contribution in [-0.2, 0) is 12.8 Å². The number of likely N-dealkylation sites (tertiary alicyclic amines) is 1. The van der Waals surface area contributed by atoms with E-state index in [2.05, 4.69) is 22.3 Å². The molecule has 7 heteroatoms. The maximum atomic E-state index is 13.6. The summed E-state index contributed by atoms with van der Waals surface area (Å²) in [6.45, 7) is 3.17. The second-order valence-corrected chi connectivity index (χ2v) is 8.35. The van der Waals surface area contributed by atoms with Gasteiger partial charge in [-0.3, -0.25) is 4.79 Å². The van der Waals surface area contributed by atoms with Crippen LogP contribution >= 0.6 is 0 Å². The van der Waals surface area contributed by atoms with Crippen molar-refractivity contribution in [2.45, 2.75) is 57.8 Å². The van der Waals surface area contributed by atoms with Crippen LogP contribution in [0.2, 0.25) is 0 Å². The van der Waals surface area contributed by atoms with E-state index >= 15 is 0 Å². The summed E-state index contributed by atoms with van der Waals surface area (Å²) in [6.07, 6.45) is 7.22. The number of hydrogen-bond donors (Lipinski definition) is 0. The molecule has 3 heterocycles. The summed E-state index contributed by atoms with van der Waals surface area (Å²) in [5.74, 6) is 1.40. The fourth-order valence-corrected chi connectivity index (χ4v) is 4.72. The first kappa shape index (κ1) is 19.0. The minimum absolute atomic E-state index is 0.0313. The Balaban J connectivity index is 1.47. The molecule has 1 aromatic carbocycles. The lowest BCUT2D eigenvalue weighted by Crippen LogP contribution is -2.39. The van der Waals surface area contributed by atoms with Crippen LogP contribution < -0.4 is 0 Å². The molecule has 1 fully saturated rings. The number of fused-ring (bicyclic) bond motifs is 1. The number of benzene rings is 1. The number of carbonyl (C=O) groups is 1. The van der Waals surface area contributed by atoms with Gasteiger partial charge in [0.1, 0.15) is 0 Å². The van der Waals surface area contributed by atoms with Gasteiger partial charge in [0, 0.05) is 24.3 Å². The third-order valence-corrected chi connectivity index (χ3v) is 6.23. The van der Waals surface area contributed by atoms with Gasteiger partial charge >= 0.3 is 0 Å². The van der Waals surface area contributed by atoms with Gasteiger partial charge in [0.25, 0.3) is 5.91 Å². The molecule has 2 aromatic heterocycles. The topological polar surface area (TPSA) is 77.0 Å². The molecule has 3 aromatic rings. The maximum Gasteiger partial charge on any atom is 0.274 e. The molecule has 1 aliphatic carbocycles. The number of aryl methyl sites for hydroxylation is 1. The molecular formula is C23H27N5O2. The molecule has 1 amide bonds. The number of para-hydroxylation sites is 1. The first-order chi connectivity index (χ1) is 14.7. The molecule has 1 atom stereocenters. The number of nitrogens with zero attached hydrogens (tertiary/aromatic N) is 5. The molecule has 2 aliphatic rings. The largest absolute Gasteiger partial charge is 0.339 e. The second-order valence-electron chi connectivity index (χ2n) is 8.35. The molecule has 0 saturated carbocycles. The molecule has 0 spiro atoms. The highest BCUT2D eigenvalue weighted by molar-refractivity contribution is 5.94. The third kappa shape index (κ3) is 3.53. The lowest BCUT2D eigenvalue weighted by molar-refractivity contribution is 0.0688. The Morgan fingerprint density at radius 3 is 2.73 bits per heavy atom. The number of rotatable bonds is 3. The van der Waals surface area contributed by atoms with Crippen LogP contribution in [0.15, 0.2) is 34.9 Å². The Bertz CT molecular complexity index is 1040. The van der Waals surface area contributed by atoms with Crippen LogP contribution in [0, 0.1) is 6.92 Å². The van der Waals surface area contributed by atoms with Gasteiger partial charge in [0.15, 0.2) is 11.5 Å². The van der Waals surface area contributed by atoms with Gasteiger partial charge < -0.3 is 9.42 Å². The van der Waals surface area contributed by atoms with Gasteiger partial charge in [-0.15, -0.1) is 0 Å². The van der Waals surface area contributed by atoms with Crippen molar-refractivity contribution >= 4 is 5.91 Å². The monoisotopic (exact) mass is 405 g/mol. The number of amides is 1. The number of carbonyl (C=O) groups excluding carboxylic acids is 1. The Morgan fingerprint density at radius 1 is 1.10 bits per heavy atom.